The molecule has 0 aliphatic heterocycles. The summed E-state index contributed by atoms with van der Waals surface area (Å²) < 4.78 is 10.8. The molecule has 0 spiro atoms. The highest BCUT2D eigenvalue weighted by molar-refractivity contribution is 5.94. The van der Waals surface area contributed by atoms with E-state index in [0.717, 1.165) is 17.1 Å². The highest BCUT2D eigenvalue weighted by Crippen LogP contribution is 2.17. The van der Waals surface area contributed by atoms with Crippen LogP contribution < -0.4 is 15.2 Å². The molecule has 3 N–H and O–H groups in total. The summed E-state index contributed by atoms with van der Waals surface area (Å²) in [5.41, 5.74) is 7.76. The number of nitrogens with zero attached hydrogens (tertiary/aromatic N) is 1. The van der Waals surface area contributed by atoms with Crippen LogP contribution in [-0.4, -0.2) is 17.9 Å². The number of benzene rings is 1. The molecule has 20 heavy (non-hydrogen) atoms. The number of hydrogen-bond acceptors (Lipinski definition) is 4. The van der Waals surface area contributed by atoms with Gasteiger partial charge >= 0.3 is 0 Å². The lowest BCUT2D eigenvalue weighted by Gasteiger charge is -2.08. The Morgan fingerprint density at radius 2 is 1.90 bits per heavy atom. The molecular formula is C15H17N3O2. The van der Waals surface area contributed by atoms with Crippen molar-refractivity contribution in [1.29, 1.82) is 5.41 Å². The molecule has 0 amide bonds. The predicted molar refractivity (Wildman–Crippen MR) is 77.3 cm³/mol. The molecule has 104 valence electrons. The molecule has 0 aliphatic carbocycles. The normalized spacial score (nSPS) is 10.1. The smallest absolute Gasteiger partial charge is 0.130 e. The number of aromatic nitrogens is 1. The van der Waals surface area contributed by atoms with E-state index in [1.807, 2.05) is 19.1 Å². The molecule has 5 nitrogen and oxygen atoms in total. The van der Waals surface area contributed by atoms with Crippen molar-refractivity contribution >= 4 is 5.84 Å². The Labute approximate surface area is 117 Å². The summed E-state index contributed by atoms with van der Waals surface area (Å²) in [7, 11) is 1.62. The fraction of sp³-hybridized carbons (Fsp3) is 0.200. The molecule has 1 heterocycles. The maximum atomic E-state index is 7.32. The number of nitrogen functional groups attached to an aromatic ring is 1. The Morgan fingerprint density at radius 3 is 2.50 bits per heavy atom. The van der Waals surface area contributed by atoms with Crippen LogP contribution in [0.3, 0.4) is 0 Å². The minimum atomic E-state index is 0.0432. The van der Waals surface area contributed by atoms with E-state index in [9.17, 15) is 0 Å². The van der Waals surface area contributed by atoms with Crippen LogP contribution in [0.5, 0.6) is 11.5 Å². The number of nitrogens with two attached hydrogens (primary N) is 1. The van der Waals surface area contributed by atoms with Gasteiger partial charge in [-0.1, -0.05) is 0 Å². The van der Waals surface area contributed by atoms with Crippen molar-refractivity contribution < 1.29 is 9.47 Å². The minimum Gasteiger partial charge on any atom is -0.497 e. The fourth-order valence-electron chi connectivity index (χ4n) is 1.78. The van der Waals surface area contributed by atoms with Crippen LogP contribution in [-0.2, 0) is 6.61 Å². The first kappa shape index (κ1) is 13.9. The van der Waals surface area contributed by atoms with Crippen molar-refractivity contribution in [2.45, 2.75) is 13.5 Å². The molecule has 5 heteroatoms. The Hall–Kier alpha value is -2.56. The van der Waals surface area contributed by atoms with Gasteiger partial charge in [0.25, 0.3) is 0 Å². The van der Waals surface area contributed by atoms with Crippen molar-refractivity contribution in [2.75, 3.05) is 7.11 Å². The molecular weight excluding hydrogens is 254 g/mol. The van der Waals surface area contributed by atoms with E-state index in [0.29, 0.717) is 17.9 Å². The van der Waals surface area contributed by atoms with Gasteiger partial charge in [0, 0.05) is 23.4 Å². The zero-order chi connectivity index (χ0) is 14.5. The predicted octanol–water partition coefficient (Wildman–Crippen LogP) is 2.26. The summed E-state index contributed by atoms with van der Waals surface area (Å²) in [5.74, 6) is 1.52. The zero-order valence-electron chi connectivity index (χ0n) is 11.5. The van der Waals surface area contributed by atoms with Crippen molar-refractivity contribution in [3.8, 4) is 11.5 Å². The third kappa shape index (κ3) is 3.47. The van der Waals surface area contributed by atoms with Crippen molar-refractivity contribution in [1.82, 2.24) is 4.98 Å². The average molecular weight is 271 g/mol. The number of ether oxygens (including phenoxy) is 2. The third-order valence-corrected chi connectivity index (χ3v) is 2.77. The second-order valence-electron chi connectivity index (χ2n) is 4.37. The molecule has 0 atom stereocenters. The standard InChI is InChI=1S/C15H17N3O2/c1-10-7-14(19-2)8-12(18-10)9-20-13-5-3-11(4-6-13)15(16)17/h3-8H,9H2,1-2H3,(H3,16,17). The monoisotopic (exact) mass is 271 g/mol. The summed E-state index contributed by atoms with van der Waals surface area (Å²) in [4.78, 5) is 4.38. The van der Waals surface area contributed by atoms with Gasteiger partial charge in [0.1, 0.15) is 23.9 Å². The van der Waals surface area contributed by atoms with Crippen molar-refractivity contribution in [3.63, 3.8) is 0 Å². The van der Waals surface area contributed by atoms with Gasteiger partial charge in [-0.25, -0.2) is 0 Å². The SMILES string of the molecule is COc1cc(C)nc(COc2ccc(C(=N)N)cc2)c1. The first-order valence-electron chi connectivity index (χ1n) is 6.17. The minimum absolute atomic E-state index is 0.0432. The molecule has 0 saturated heterocycles. The van der Waals surface area contributed by atoms with E-state index < -0.39 is 0 Å². The van der Waals surface area contributed by atoms with Crippen LogP contribution in [0, 0.1) is 12.3 Å². The Bertz CT molecular complexity index is 609. The van der Waals surface area contributed by atoms with E-state index >= 15 is 0 Å². The maximum Gasteiger partial charge on any atom is 0.130 e. The fourth-order valence-corrected chi connectivity index (χ4v) is 1.78. The van der Waals surface area contributed by atoms with E-state index in [1.54, 1.807) is 31.4 Å². The lowest BCUT2D eigenvalue weighted by molar-refractivity contribution is 0.300. The van der Waals surface area contributed by atoms with Crippen LogP contribution in [0.4, 0.5) is 0 Å². The summed E-state index contributed by atoms with van der Waals surface area (Å²) in [6.07, 6.45) is 0. The van der Waals surface area contributed by atoms with E-state index in [-0.39, 0.29) is 5.84 Å². The lowest BCUT2D eigenvalue weighted by atomic mass is 10.2. The molecule has 2 aromatic rings. The molecule has 0 aliphatic rings. The molecule has 0 fully saturated rings. The Balaban J connectivity index is 2.04. The van der Waals surface area contributed by atoms with Crippen molar-refractivity contribution in [3.05, 3.63) is 53.3 Å². The second kappa shape index (κ2) is 6.06. The largest absolute Gasteiger partial charge is 0.497 e. The molecule has 1 aromatic carbocycles. The summed E-state index contributed by atoms with van der Waals surface area (Å²) in [6.45, 7) is 2.27. The molecule has 0 saturated carbocycles. The van der Waals surface area contributed by atoms with Gasteiger partial charge < -0.3 is 15.2 Å². The number of pyridine rings is 1. The van der Waals surface area contributed by atoms with E-state index in [1.165, 1.54) is 0 Å². The van der Waals surface area contributed by atoms with Gasteiger partial charge in [0.2, 0.25) is 0 Å². The number of methoxy groups -OCH3 is 1. The second-order valence-corrected chi connectivity index (χ2v) is 4.37. The highest BCUT2D eigenvalue weighted by Gasteiger charge is 2.03. The number of aryl methyl sites for hydroxylation is 1. The van der Waals surface area contributed by atoms with Gasteiger partial charge in [0.05, 0.1) is 12.8 Å². The van der Waals surface area contributed by atoms with Crippen LogP contribution in [0.2, 0.25) is 0 Å². The van der Waals surface area contributed by atoms with Crippen LogP contribution in [0.1, 0.15) is 17.0 Å². The number of nitrogens with one attached hydrogen (secondary N) is 1. The molecule has 1 aromatic heterocycles. The number of amidine groups is 1. The summed E-state index contributed by atoms with van der Waals surface area (Å²) >= 11 is 0. The first-order valence-corrected chi connectivity index (χ1v) is 6.17. The topological polar surface area (TPSA) is 81.2 Å². The Morgan fingerprint density at radius 1 is 1.20 bits per heavy atom. The van der Waals surface area contributed by atoms with Crippen LogP contribution in [0.25, 0.3) is 0 Å². The lowest BCUT2D eigenvalue weighted by Crippen LogP contribution is -2.10. The van der Waals surface area contributed by atoms with Gasteiger partial charge in [-0.15, -0.1) is 0 Å². The summed E-state index contributed by atoms with van der Waals surface area (Å²) in [6, 6.07) is 10.8. The number of rotatable bonds is 5. The Kier molecular flexibility index (Phi) is 4.20. The molecule has 2 rings (SSSR count). The number of hydrogen-bond donors (Lipinski definition) is 2. The van der Waals surface area contributed by atoms with E-state index in [4.69, 9.17) is 20.6 Å². The average Bonchev–Trinajstić information content (AvgIpc) is 2.45. The third-order valence-electron chi connectivity index (χ3n) is 2.77. The van der Waals surface area contributed by atoms with Crippen LogP contribution in [0.15, 0.2) is 36.4 Å². The highest BCUT2D eigenvalue weighted by atomic mass is 16.5. The molecule has 0 radical (unpaired) electrons. The quantitative estimate of drug-likeness (QED) is 0.645. The van der Waals surface area contributed by atoms with Gasteiger partial charge in [-0.2, -0.15) is 0 Å². The summed E-state index contributed by atoms with van der Waals surface area (Å²) in [5, 5.41) is 7.32. The molecule has 0 bridgehead atoms. The van der Waals surface area contributed by atoms with E-state index in [2.05, 4.69) is 4.98 Å². The van der Waals surface area contributed by atoms with Crippen molar-refractivity contribution in [2.24, 2.45) is 5.73 Å². The van der Waals surface area contributed by atoms with Crippen LogP contribution >= 0.6 is 0 Å². The maximum absolute atomic E-state index is 7.32. The zero-order valence-corrected chi connectivity index (χ0v) is 11.5. The van der Waals surface area contributed by atoms with Gasteiger partial charge in [-0.3, -0.25) is 10.4 Å². The molecule has 0 unspecified atom stereocenters. The first-order chi connectivity index (χ1) is 9.58. The van der Waals surface area contributed by atoms with Gasteiger partial charge in [0.15, 0.2) is 0 Å². The van der Waals surface area contributed by atoms with Gasteiger partial charge in [-0.05, 0) is 31.2 Å².